The maximum Gasteiger partial charge on any atom is 1.00 e. The third-order valence-electron chi connectivity index (χ3n) is 8.82. The van der Waals surface area contributed by atoms with Crippen LogP contribution in [0.5, 0.6) is 0 Å². The molecular formula is C46H42N8Na2O3S3. The van der Waals surface area contributed by atoms with Gasteiger partial charge in [-0.3, -0.25) is 15.4 Å². The van der Waals surface area contributed by atoms with E-state index in [4.69, 9.17) is 0 Å². The molecular weight excluding hydrogens is 855 g/mol. The number of hydrogen-bond donors (Lipinski definition) is 7. The van der Waals surface area contributed by atoms with Crippen LogP contribution in [-0.2, 0) is 10.1 Å². The molecule has 2 heterocycles. The molecule has 8 rings (SSSR count). The quantitative estimate of drug-likeness (QED) is 0.0294. The maximum atomic E-state index is 12.7. The Balaban J connectivity index is 0.00000224. The van der Waals surface area contributed by atoms with E-state index < -0.39 is 10.1 Å². The predicted octanol–water partition coefficient (Wildman–Crippen LogP) is 5.73. The average Bonchev–Trinajstić information content (AvgIpc) is 3.25. The van der Waals surface area contributed by atoms with Gasteiger partial charge in [-0.05, 0) is 96.1 Å². The van der Waals surface area contributed by atoms with Gasteiger partial charge in [-0.25, -0.2) is 8.83 Å². The van der Waals surface area contributed by atoms with E-state index in [1.54, 1.807) is 18.2 Å². The summed E-state index contributed by atoms with van der Waals surface area (Å²) in [5.41, 5.74) is 14.7. The van der Waals surface area contributed by atoms with Gasteiger partial charge in [-0.2, -0.15) is 8.42 Å². The van der Waals surface area contributed by atoms with Crippen LogP contribution in [0.3, 0.4) is 0 Å². The van der Waals surface area contributed by atoms with E-state index in [0.717, 1.165) is 50.4 Å². The topological polar surface area (TPSA) is 133 Å². The van der Waals surface area contributed by atoms with Crippen molar-refractivity contribution in [1.29, 1.82) is 0 Å². The first-order chi connectivity index (χ1) is 29.3. The summed E-state index contributed by atoms with van der Waals surface area (Å²) in [6.07, 6.45) is 11.4. The molecule has 11 nitrogen and oxygen atoms in total. The van der Waals surface area contributed by atoms with E-state index in [2.05, 4.69) is 32.1 Å². The Bertz CT molecular complexity index is 2700. The van der Waals surface area contributed by atoms with Crippen molar-refractivity contribution in [3.63, 3.8) is 0 Å². The molecule has 0 spiro atoms. The smallest absolute Gasteiger partial charge is 1.00 e. The van der Waals surface area contributed by atoms with Gasteiger partial charge < -0.3 is 24.1 Å². The van der Waals surface area contributed by atoms with Crippen LogP contribution < -0.4 is 91.2 Å². The summed E-state index contributed by atoms with van der Waals surface area (Å²) in [5.74, 6) is 0. The molecule has 7 N–H and O–H groups in total. The second-order valence-corrected chi connectivity index (χ2v) is 16.8. The number of benzene rings is 6. The Morgan fingerprint density at radius 1 is 0.484 bits per heavy atom. The maximum absolute atomic E-state index is 12.7. The second kappa shape index (κ2) is 22.4. The number of nitrogens with one attached hydrogen (secondary N) is 6. The Kier molecular flexibility index (Phi) is 16.8. The van der Waals surface area contributed by atoms with Crippen LogP contribution in [-0.4, -0.2) is 21.8 Å². The summed E-state index contributed by atoms with van der Waals surface area (Å²) in [7, 11) is -4.58. The molecule has 0 fully saturated rings. The fourth-order valence-corrected chi connectivity index (χ4v) is 8.52. The molecule has 16 heteroatoms. The first-order valence-corrected chi connectivity index (χ1v) is 21.8. The normalized spacial score (nSPS) is 13.6. The zero-order valence-electron chi connectivity index (χ0n) is 35.9. The van der Waals surface area contributed by atoms with Gasteiger partial charge >= 0.3 is 59.1 Å². The Morgan fingerprint density at radius 3 is 1.34 bits per heavy atom. The molecule has 0 aromatic heterocycles. The number of rotatable bonds is 15. The van der Waals surface area contributed by atoms with Crippen molar-refractivity contribution in [2.45, 2.75) is 4.90 Å². The van der Waals surface area contributed by atoms with Gasteiger partial charge in [0.15, 0.2) is 0 Å². The van der Waals surface area contributed by atoms with Gasteiger partial charge in [0.2, 0.25) is 0 Å². The summed E-state index contributed by atoms with van der Waals surface area (Å²) < 4.78 is 39.5. The van der Waals surface area contributed by atoms with Gasteiger partial charge in [0.25, 0.3) is 10.1 Å². The number of nitrogens with zero attached hydrogens (tertiary/aromatic N) is 2. The van der Waals surface area contributed by atoms with Gasteiger partial charge in [-0.1, -0.05) is 103 Å². The molecule has 0 amide bonds. The number of hydrazine groups is 2. The molecule has 6 aromatic rings. The molecule has 0 saturated carbocycles. The minimum Gasteiger partial charge on any atom is -1.00 e. The van der Waals surface area contributed by atoms with E-state index in [1.807, 2.05) is 185 Å². The summed E-state index contributed by atoms with van der Waals surface area (Å²) in [6, 6.07) is 52.2. The van der Waals surface area contributed by atoms with E-state index in [1.165, 1.54) is 30.0 Å². The van der Waals surface area contributed by atoms with Crippen molar-refractivity contribution in [3.8, 4) is 0 Å². The van der Waals surface area contributed by atoms with Crippen LogP contribution >= 0.6 is 23.9 Å². The minimum absolute atomic E-state index is 0. The zero-order valence-corrected chi connectivity index (χ0v) is 40.4. The number of allylic oxidation sites excluding steroid dienone is 2. The number of para-hydroxylation sites is 4. The zero-order chi connectivity index (χ0) is 41.2. The van der Waals surface area contributed by atoms with Crippen LogP contribution in [0.25, 0.3) is 12.2 Å². The molecule has 0 radical (unpaired) electrons. The largest absolute Gasteiger partial charge is 1.00 e. The van der Waals surface area contributed by atoms with Crippen molar-refractivity contribution in [3.05, 3.63) is 221 Å². The summed E-state index contributed by atoms with van der Waals surface area (Å²) in [4.78, 5) is -0.219. The van der Waals surface area contributed by atoms with Crippen molar-refractivity contribution in [2.24, 2.45) is 0 Å². The van der Waals surface area contributed by atoms with E-state index in [9.17, 15) is 13.0 Å². The fraction of sp³-hybridized carbons (Fsp3) is 0. The van der Waals surface area contributed by atoms with Crippen molar-refractivity contribution < 1.29 is 74.9 Å². The Hall–Kier alpha value is -4.97. The summed E-state index contributed by atoms with van der Waals surface area (Å²) in [5, 5.41) is 15.3. The summed E-state index contributed by atoms with van der Waals surface area (Å²) in [6.45, 7) is 0. The Morgan fingerprint density at radius 2 is 0.887 bits per heavy atom. The van der Waals surface area contributed by atoms with Gasteiger partial charge in [0.05, 0.1) is 45.2 Å². The van der Waals surface area contributed by atoms with Gasteiger partial charge in [0, 0.05) is 46.6 Å². The minimum atomic E-state index is -4.58. The van der Waals surface area contributed by atoms with E-state index >= 15 is 0 Å². The standard InChI is InChI=1S/C46H40N8O3S3.2Na.2H/c55-60(56,57)44-29-41(50-46-31-43(48-37-15-7-2-8-16-37)33-54(59-46)52-40-19-11-4-12-20-40)28-25-35(44)24-21-34-22-26-38(27-23-34)49-45-30-42(47-36-13-5-1-6-14-36)32-53(58-45)51-39-17-9-3-10-18-39;;;;/h1-33,47-52H,(H,55,56,57);;;;/q;2*+1;2*-1. The molecule has 0 aliphatic carbocycles. The van der Waals surface area contributed by atoms with E-state index in [0.29, 0.717) is 16.3 Å². The van der Waals surface area contributed by atoms with Crippen molar-refractivity contribution in [2.75, 3.05) is 32.1 Å². The van der Waals surface area contributed by atoms with Crippen LogP contribution in [0.15, 0.2) is 215 Å². The van der Waals surface area contributed by atoms with Crippen molar-refractivity contribution >= 4 is 80.3 Å². The molecule has 0 unspecified atom stereocenters. The van der Waals surface area contributed by atoms with Gasteiger partial charge in [-0.15, -0.1) is 0 Å². The van der Waals surface area contributed by atoms with Crippen LogP contribution in [0.1, 0.15) is 14.0 Å². The van der Waals surface area contributed by atoms with E-state index in [-0.39, 0.29) is 66.9 Å². The SMILES string of the molecule is O=S(=O)(O)c1cc(NC2=CC(Nc3ccccc3)=CN(Nc3ccccc3)S2)ccc1C=Cc1ccc(NC2=CC(Nc3ccccc3)=CN(Nc3ccccc3)S2)cc1.[H-].[H-].[Na+].[Na+]. The van der Waals surface area contributed by atoms with Crippen LogP contribution in [0.4, 0.5) is 34.1 Å². The number of hydrogen-bond acceptors (Lipinski definition) is 12. The number of anilines is 6. The van der Waals surface area contributed by atoms with Crippen LogP contribution in [0.2, 0.25) is 0 Å². The summed E-state index contributed by atoms with van der Waals surface area (Å²) >= 11 is 2.89. The predicted molar refractivity (Wildman–Crippen MR) is 253 cm³/mol. The fourth-order valence-electron chi connectivity index (χ4n) is 6.07. The van der Waals surface area contributed by atoms with Crippen molar-refractivity contribution in [1.82, 2.24) is 8.83 Å². The molecule has 0 bridgehead atoms. The second-order valence-electron chi connectivity index (χ2n) is 13.4. The van der Waals surface area contributed by atoms with Crippen LogP contribution in [0, 0.1) is 0 Å². The van der Waals surface area contributed by atoms with Gasteiger partial charge in [0.1, 0.15) is 4.90 Å². The first-order valence-electron chi connectivity index (χ1n) is 18.8. The molecule has 2 aliphatic rings. The third-order valence-corrected chi connectivity index (χ3v) is 11.4. The first kappa shape index (κ1) is 46.5. The average molecular weight is 897 g/mol. The molecule has 0 atom stereocenters. The molecule has 0 saturated heterocycles. The molecule has 6 aromatic carbocycles. The Labute approximate surface area is 418 Å². The monoisotopic (exact) mass is 896 g/mol. The molecule has 304 valence electrons. The molecule has 2 aliphatic heterocycles. The molecule has 62 heavy (non-hydrogen) atoms. The third kappa shape index (κ3) is 13.5.